The first-order valence-electron chi connectivity index (χ1n) is 13.8. The first-order chi connectivity index (χ1) is 18.9. The highest BCUT2D eigenvalue weighted by atomic mass is 19.2. The van der Waals surface area contributed by atoms with Gasteiger partial charge in [0.25, 0.3) is 0 Å². The zero-order chi connectivity index (χ0) is 27.8. The maximum Gasteiger partial charge on any atom is 0.340 e. The first kappa shape index (κ1) is 28.7. The van der Waals surface area contributed by atoms with Gasteiger partial charge in [0.15, 0.2) is 17.7 Å². The summed E-state index contributed by atoms with van der Waals surface area (Å²) in [4.78, 5) is 12.6. The van der Waals surface area contributed by atoms with Crippen molar-refractivity contribution in [1.82, 2.24) is 0 Å². The van der Waals surface area contributed by atoms with E-state index in [2.05, 4.69) is 6.92 Å². The van der Waals surface area contributed by atoms with Crippen LogP contribution < -0.4 is 9.47 Å². The second kappa shape index (κ2) is 13.7. The number of esters is 1. The third kappa shape index (κ3) is 7.21. The summed E-state index contributed by atoms with van der Waals surface area (Å²) in [5, 5.41) is 0. The predicted molar refractivity (Wildman–Crippen MR) is 145 cm³/mol. The molecule has 0 amide bonds. The highest BCUT2D eigenvalue weighted by Gasteiger charge is 2.28. The Kier molecular flexibility index (Phi) is 10.0. The topological polar surface area (TPSA) is 44.8 Å². The summed E-state index contributed by atoms with van der Waals surface area (Å²) < 4.78 is 60.1. The Labute approximate surface area is 228 Å². The van der Waals surface area contributed by atoms with Gasteiger partial charge in [-0.1, -0.05) is 56.9 Å². The lowest BCUT2D eigenvalue weighted by Gasteiger charge is -2.27. The van der Waals surface area contributed by atoms with Crippen LogP contribution in [0.4, 0.5) is 13.2 Å². The molecule has 3 aromatic rings. The minimum absolute atomic E-state index is 0.0815. The molecule has 2 atom stereocenters. The zero-order valence-corrected chi connectivity index (χ0v) is 22.5. The van der Waals surface area contributed by atoms with Gasteiger partial charge in [-0.3, -0.25) is 0 Å². The Morgan fingerprint density at radius 1 is 0.872 bits per heavy atom. The molecule has 0 radical (unpaired) electrons. The van der Waals surface area contributed by atoms with Crippen molar-refractivity contribution in [2.24, 2.45) is 5.92 Å². The van der Waals surface area contributed by atoms with E-state index in [1.54, 1.807) is 31.2 Å². The summed E-state index contributed by atoms with van der Waals surface area (Å²) in [6, 6.07) is 13.5. The molecular weight excluding hydrogens is 505 g/mol. The number of carbonyl (C=O) groups is 1. The van der Waals surface area contributed by atoms with Gasteiger partial charge in [0.2, 0.25) is 5.82 Å². The molecule has 0 saturated carbocycles. The van der Waals surface area contributed by atoms with Crippen LogP contribution in [0.1, 0.15) is 58.8 Å². The monoisotopic (exact) mass is 540 g/mol. The maximum atomic E-state index is 15.0. The smallest absolute Gasteiger partial charge is 0.340 e. The van der Waals surface area contributed by atoms with Gasteiger partial charge in [-0.25, -0.2) is 13.6 Å². The number of halogens is 3. The molecule has 208 valence electrons. The van der Waals surface area contributed by atoms with Crippen LogP contribution in [-0.4, -0.2) is 25.3 Å². The average Bonchev–Trinajstić information content (AvgIpc) is 2.94. The molecule has 1 fully saturated rings. The summed E-state index contributed by atoms with van der Waals surface area (Å²) in [5.41, 5.74) is 1.36. The van der Waals surface area contributed by atoms with Gasteiger partial charge in [-0.15, -0.1) is 0 Å². The van der Waals surface area contributed by atoms with Gasteiger partial charge in [-0.05, 0) is 67.5 Å². The molecule has 1 aliphatic heterocycles. The van der Waals surface area contributed by atoms with E-state index in [9.17, 15) is 18.0 Å². The van der Waals surface area contributed by atoms with Crippen molar-refractivity contribution >= 4 is 5.97 Å². The van der Waals surface area contributed by atoms with Crippen LogP contribution in [0.3, 0.4) is 0 Å². The van der Waals surface area contributed by atoms with E-state index in [0.717, 1.165) is 12.8 Å². The molecule has 4 rings (SSSR count). The third-order valence-electron chi connectivity index (χ3n) is 7.11. The molecule has 1 saturated heterocycles. The molecule has 0 N–H and O–H groups in total. The lowest BCUT2D eigenvalue weighted by molar-refractivity contribution is -0.152. The number of unbranched alkanes of at least 4 members (excludes halogenated alkanes) is 3. The minimum Gasteiger partial charge on any atom is -0.491 e. The second-order valence-electron chi connectivity index (χ2n) is 9.93. The molecule has 1 heterocycles. The Hall–Kier alpha value is -3.32. The van der Waals surface area contributed by atoms with Crippen molar-refractivity contribution in [3.8, 4) is 33.8 Å². The van der Waals surface area contributed by atoms with E-state index in [1.165, 1.54) is 56.0 Å². The van der Waals surface area contributed by atoms with Crippen LogP contribution in [0.15, 0.2) is 54.6 Å². The summed E-state index contributed by atoms with van der Waals surface area (Å²) in [6.07, 6.45) is 6.85. The van der Waals surface area contributed by atoms with Crippen molar-refractivity contribution in [3.05, 3.63) is 72.0 Å². The fourth-order valence-corrected chi connectivity index (χ4v) is 4.91. The van der Waals surface area contributed by atoms with Crippen molar-refractivity contribution in [3.63, 3.8) is 0 Å². The fourth-order valence-electron chi connectivity index (χ4n) is 4.91. The average molecular weight is 541 g/mol. The molecule has 0 spiro atoms. The molecule has 0 aliphatic carbocycles. The van der Waals surface area contributed by atoms with Crippen LogP contribution in [-0.2, 0) is 9.53 Å². The highest BCUT2D eigenvalue weighted by molar-refractivity contribution is 5.78. The summed E-state index contributed by atoms with van der Waals surface area (Å²) in [5.74, 6) is -2.70. The molecule has 39 heavy (non-hydrogen) atoms. The van der Waals surface area contributed by atoms with Crippen molar-refractivity contribution in [2.45, 2.75) is 64.9 Å². The van der Waals surface area contributed by atoms with E-state index >= 15 is 0 Å². The number of hydrogen-bond donors (Lipinski definition) is 0. The van der Waals surface area contributed by atoms with Crippen LogP contribution in [0.2, 0.25) is 0 Å². The molecule has 7 heteroatoms. The van der Waals surface area contributed by atoms with E-state index < -0.39 is 29.5 Å². The zero-order valence-electron chi connectivity index (χ0n) is 22.5. The Bertz CT molecular complexity index is 1250. The standard InChI is InChI=1S/C32H35F3O4/c1-3-5-6-7-8-21-9-17-29(38-20-21)32(36)39-24-14-15-25(27(33)19-24)22-10-12-23(13-11-22)26-16-18-28(37-4-2)31(35)30(26)34/h10-16,18-19,21,29H,3-9,17,20H2,1-2H3. The first-order valence-corrected chi connectivity index (χ1v) is 13.8. The predicted octanol–water partition coefficient (Wildman–Crippen LogP) is 8.51. The van der Waals surface area contributed by atoms with Crippen LogP contribution >= 0.6 is 0 Å². The normalized spacial score (nSPS) is 17.2. The number of carbonyl (C=O) groups excluding carboxylic acids is 1. The van der Waals surface area contributed by atoms with Gasteiger partial charge < -0.3 is 14.2 Å². The van der Waals surface area contributed by atoms with Crippen molar-refractivity contribution in [2.75, 3.05) is 13.2 Å². The largest absolute Gasteiger partial charge is 0.491 e. The molecule has 0 bridgehead atoms. The molecule has 0 aromatic heterocycles. The third-order valence-corrected chi connectivity index (χ3v) is 7.11. The lowest BCUT2D eigenvalue weighted by Crippen LogP contribution is -2.35. The number of benzene rings is 3. The number of rotatable bonds is 11. The summed E-state index contributed by atoms with van der Waals surface area (Å²) in [6.45, 7) is 4.65. The number of ether oxygens (including phenoxy) is 3. The maximum absolute atomic E-state index is 15.0. The van der Waals surface area contributed by atoms with Gasteiger partial charge in [0.05, 0.1) is 13.2 Å². The van der Waals surface area contributed by atoms with Crippen LogP contribution in [0, 0.1) is 23.4 Å². The SMILES string of the molecule is CCCCCCC1CCC(C(=O)Oc2ccc(-c3ccc(-c4ccc(OCC)c(F)c4F)cc3)c(F)c2)OC1. The molecular formula is C32H35F3O4. The Morgan fingerprint density at radius 2 is 1.59 bits per heavy atom. The summed E-state index contributed by atoms with van der Waals surface area (Å²) >= 11 is 0. The van der Waals surface area contributed by atoms with E-state index in [1.807, 2.05) is 0 Å². The quantitative estimate of drug-likeness (QED) is 0.139. The van der Waals surface area contributed by atoms with E-state index in [-0.39, 0.29) is 23.7 Å². The van der Waals surface area contributed by atoms with E-state index in [4.69, 9.17) is 14.2 Å². The molecule has 1 aliphatic rings. The van der Waals surface area contributed by atoms with Crippen LogP contribution in [0.25, 0.3) is 22.3 Å². The van der Waals surface area contributed by atoms with Crippen molar-refractivity contribution < 1.29 is 32.2 Å². The Balaban J connectivity index is 1.36. The lowest BCUT2D eigenvalue weighted by atomic mass is 9.93. The Morgan fingerprint density at radius 3 is 2.23 bits per heavy atom. The second-order valence-corrected chi connectivity index (χ2v) is 9.93. The molecule has 3 aromatic carbocycles. The van der Waals surface area contributed by atoms with Gasteiger partial charge in [0.1, 0.15) is 11.6 Å². The van der Waals surface area contributed by atoms with Gasteiger partial charge in [0, 0.05) is 17.2 Å². The molecule has 2 unspecified atom stereocenters. The highest BCUT2D eigenvalue weighted by Crippen LogP contribution is 2.33. The van der Waals surface area contributed by atoms with Gasteiger partial charge in [-0.2, -0.15) is 4.39 Å². The number of hydrogen-bond acceptors (Lipinski definition) is 4. The van der Waals surface area contributed by atoms with Crippen molar-refractivity contribution in [1.29, 1.82) is 0 Å². The van der Waals surface area contributed by atoms with E-state index in [0.29, 0.717) is 35.6 Å². The molecule has 4 nitrogen and oxygen atoms in total. The fraction of sp³-hybridized carbons (Fsp3) is 0.406. The van der Waals surface area contributed by atoms with Crippen LogP contribution in [0.5, 0.6) is 11.5 Å². The summed E-state index contributed by atoms with van der Waals surface area (Å²) in [7, 11) is 0. The minimum atomic E-state index is -1.05. The van der Waals surface area contributed by atoms with Gasteiger partial charge >= 0.3 is 5.97 Å².